The maximum absolute atomic E-state index is 11.6. The van der Waals surface area contributed by atoms with E-state index in [1.165, 1.54) is 11.3 Å². The maximum Gasteiger partial charge on any atom is 0.303 e. The van der Waals surface area contributed by atoms with Crippen molar-refractivity contribution in [3.05, 3.63) is 28.0 Å². The molecule has 0 saturated heterocycles. The van der Waals surface area contributed by atoms with Gasteiger partial charge in [0, 0.05) is 11.3 Å². The number of nitriles is 1. The van der Waals surface area contributed by atoms with Crippen LogP contribution < -0.4 is 0 Å². The zero-order valence-electron chi connectivity index (χ0n) is 9.05. The average Bonchev–Trinajstić information content (AvgIpc) is 2.75. The van der Waals surface area contributed by atoms with Gasteiger partial charge in [0.15, 0.2) is 5.78 Å². The Morgan fingerprint density at radius 1 is 1.41 bits per heavy atom. The molecule has 88 valence electrons. The number of hydrogen-bond donors (Lipinski definition) is 1. The Hall–Kier alpha value is -1.93. The first kappa shape index (κ1) is 13.1. The molecular formula is C12H11NO3S. The Morgan fingerprint density at radius 3 is 2.82 bits per heavy atom. The molecule has 0 aliphatic rings. The number of aliphatic carboxylic acids is 1. The first-order chi connectivity index (χ1) is 8.13. The summed E-state index contributed by atoms with van der Waals surface area (Å²) in [5, 5.41) is 16.8. The summed E-state index contributed by atoms with van der Waals surface area (Å²) in [4.78, 5) is 23.3. The predicted molar refractivity (Wildman–Crippen MR) is 64.8 cm³/mol. The molecule has 0 spiro atoms. The van der Waals surface area contributed by atoms with Crippen LogP contribution in [0, 0.1) is 11.3 Å². The van der Waals surface area contributed by atoms with Crippen LogP contribution in [0.25, 0.3) is 6.08 Å². The van der Waals surface area contributed by atoms with Crippen molar-refractivity contribution in [3.8, 4) is 6.07 Å². The van der Waals surface area contributed by atoms with Gasteiger partial charge < -0.3 is 5.11 Å². The Kier molecular flexibility index (Phi) is 5.11. The summed E-state index contributed by atoms with van der Waals surface area (Å²) in [6.07, 6.45) is 3.72. The fraction of sp³-hybridized carbons (Fsp3) is 0.250. The Labute approximate surface area is 103 Å². The third kappa shape index (κ3) is 4.62. The minimum Gasteiger partial charge on any atom is -0.481 e. The van der Waals surface area contributed by atoms with Gasteiger partial charge in [0.25, 0.3) is 0 Å². The van der Waals surface area contributed by atoms with Crippen molar-refractivity contribution in [2.45, 2.75) is 19.3 Å². The Morgan fingerprint density at radius 2 is 2.18 bits per heavy atom. The number of allylic oxidation sites excluding steroid dienone is 1. The number of hydrogen-bond acceptors (Lipinski definition) is 4. The molecule has 0 amide bonds. The van der Waals surface area contributed by atoms with E-state index in [2.05, 4.69) is 0 Å². The summed E-state index contributed by atoms with van der Waals surface area (Å²) in [7, 11) is 0. The van der Waals surface area contributed by atoms with E-state index in [0.29, 0.717) is 11.3 Å². The molecule has 0 radical (unpaired) electrons. The number of thiophene rings is 1. The van der Waals surface area contributed by atoms with E-state index in [1.807, 2.05) is 6.07 Å². The van der Waals surface area contributed by atoms with Crippen LogP contribution in [0.1, 0.15) is 33.8 Å². The number of carbonyl (C=O) groups is 2. The van der Waals surface area contributed by atoms with E-state index in [0.717, 1.165) is 4.88 Å². The molecule has 4 nitrogen and oxygen atoms in total. The molecule has 1 heterocycles. The lowest BCUT2D eigenvalue weighted by atomic mass is 10.2. The lowest BCUT2D eigenvalue weighted by Crippen LogP contribution is -2.01. The second-order valence-electron chi connectivity index (χ2n) is 3.28. The van der Waals surface area contributed by atoms with Crippen LogP contribution in [0.5, 0.6) is 0 Å². The lowest BCUT2D eigenvalue weighted by molar-refractivity contribution is -0.136. The SMILES string of the molecule is N#CCC=Cc1ccc(C(=O)CCC(=O)O)s1. The van der Waals surface area contributed by atoms with Gasteiger partial charge in [0.1, 0.15) is 0 Å². The van der Waals surface area contributed by atoms with Gasteiger partial charge in [-0.15, -0.1) is 11.3 Å². The van der Waals surface area contributed by atoms with Crippen molar-refractivity contribution in [1.82, 2.24) is 0 Å². The molecule has 0 aliphatic carbocycles. The quantitative estimate of drug-likeness (QED) is 0.786. The zero-order valence-corrected chi connectivity index (χ0v) is 9.87. The van der Waals surface area contributed by atoms with Gasteiger partial charge >= 0.3 is 5.97 Å². The second-order valence-corrected chi connectivity index (χ2v) is 4.40. The Balaban J connectivity index is 2.58. The fourth-order valence-electron chi connectivity index (χ4n) is 1.16. The second kappa shape index (κ2) is 6.61. The highest BCUT2D eigenvalue weighted by molar-refractivity contribution is 7.14. The fourth-order valence-corrected chi connectivity index (χ4v) is 2.07. The van der Waals surface area contributed by atoms with Crippen LogP contribution in [0.15, 0.2) is 18.2 Å². The smallest absolute Gasteiger partial charge is 0.303 e. The van der Waals surface area contributed by atoms with Crippen molar-refractivity contribution in [2.75, 3.05) is 0 Å². The van der Waals surface area contributed by atoms with Crippen molar-refractivity contribution >= 4 is 29.2 Å². The van der Waals surface area contributed by atoms with Gasteiger partial charge in [-0.25, -0.2) is 0 Å². The topological polar surface area (TPSA) is 78.2 Å². The highest BCUT2D eigenvalue weighted by Gasteiger charge is 2.10. The lowest BCUT2D eigenvalue weighted by Gasteiger charge is -1.93. The van der Waals surface area contributed by atoms with E-state index >= 15 is 0 Å². The van der Waals surface area contributed by atoms with Crippen LogP contribution in [0.4, 0.5) is 0 Å². The zero-order chi connectivity index (χ0) is 12.7. The molecular weight excluding hydrogens is 238 g/mol. The van der Waals surface area contributed by atoms with Crippen molar-refractivity contribution in [2.24, 2.45) is 0 Å². The number of rotatable bonds is 6. The maximum atomic E-state index is 11.6. The minimum atomic E-state index is -0.968. The van der Waals surface area contributed by atoms with Crippen molar-refractivity contribution < 1.29 is 14.7 Å². The number of nitrogens with zero attached hydrogens (tertiary/aromatic N) is 1. The summed E-state index contributed by atoms with van der Waals surface area (Å²) < 4.78 is 0. The number of Topliss-reactive ketones (excluding diaryl/α,β-unsaturated/α-hetero) is 1. The molecule has 17 heavy (non-hydrogen) atoms. The molecule has 0 bridgehead atoms. The summed E-state index contributed by atoms with van der Waals surface area (Å²) in [6, 6.07) is 5.45. The molecule has 0 aromatic carbocycles. The summed E-state index contributed by atoms with van der Waals surface area (Å²) in [5.74, 6) is -1.12. The molecule has 1 aromatic heterocycles. The van der Waals surface area contributed by atoms with Crippen molar-refractivity contribution in [1.29, 1.82) is 5.26 Å². The normalized spacial score (nSPS) is 10.3. The molecule has 0 unspecified atom stereocenters. The number of carboxylic acid groups (broad SMARTS) is 1. The molecule has 0 aliphatic heterocycles. The van der Waals surface area contributed by atoms with E-state index in [9.17, 15) is 9.59 Å². The number of ketones is 1. The standard InChI is InChI=1S/C12H11NO3S/c13-8-2-1-3-9-4-6-11(17-9)10(14)5-7-12(15)16/h1,3-4,6H,2,5,7H2,(H,15,16). The molecule has 1 rings (SSSR count). The van der Waals surface area contributed by atoms with Crippen LogP contribution in [0.2, 0.25) is 0 Å². The highest BCUT2D eigenvalue weighted by atomic mass is 32.1. The van der Waals surface area contributed by atoms with Gasteiger partial charge in [0.2, 0.25) is 0 Å². The third-order valence-electron chi connectivity index (χ3n) is 1.96. The molecule has 5 heteroatoms. The van der Waals surface area contributed by atoms with Gasteiger partial charge in [0.05, 0.1) is 23.8 Å². The first-order valence-electron chi connectivity index (χ1n) is 5.02. The van der Waals surface area contributed by atoms with Crippen LogP contribution in [0.3, 0.4) is 0 Å². The monoisotopic (exact) mass is 249 g/mol. The van der Waals surface area contributed by atoms with E-state index in [4.69, 9.17) is 10.4 Å². The molecule has 1 N–H and O–H groups in total. The highest BCUT2D eigenvalue weighted by Crippen LogP contribution is 2.20. The van der Waals surface area contributed by atoms with E-state index in [1.54, 1.807) is 24.3 Å². The average molecular weight is 249 g/mol. The third-order valence-corrected chi connectivity index (χ3v) is 3.05. The Bertz CT molecular complexity index is 482. The van der Waals surface area contributed by atoms with Crippen LogP contribution >= 0.6 is 11.3 Å². The molecule has 0 fully saturated rings. The number of carbonyl (C=O) groups excluding carboxylic acids is 1. The van der Waals surface area contributed by atoms with Crippen LogP contribution in [-0.2, 0) is 4.79 Å². The van der Waals surface area contributed by atoms with E-state index < -0.39 is 5.97 Å². The summed E-state index contributed by atoms with van der Waals surface area (Å²) >= 11 is 1.30. The van der Waals surface area contributed by atoms with Crippen LogP contribution in [-0.4, -0.2) is 16.9 Å². The molecule has 1 aromatic rings. The molecule has 0 atom stereocenters. The molecule has 0 saturated carbocycles. The predicted octanol–water partition coefficient (Wildman–Crippen LogP) is 2.72. The summed E-state index contributed by atoms with van der Waals surface area (Å²) in [5.41, 5.74) is 0. The minimum absolute atomic E-state index is 0.0250. The van der Waals surface area contributed by atoms with Gasteiger partial charge in [-0.1, -0.05) is 6.08 Å². The largest absolute Gasteiger partial charge is 0.481 e. The van der Waals surface area contributed by atoms with Gasteiger partial charge in [-0.3, -0.25) is 9.59 Å². The van der Waals surface area contributed by atoms with Gasteiger partial charge in [-0.05, 0) is 18.2 Å². The van der Waals surface area contributed by atoms with Crippen molar-refractivity contribution in [3.63, 3.8) is 0 Å². The first-order valence-corrected chi connectivity index (χ1v) is 5.83. The number of carboxylic acids is 1. The van der Waals surface area contributed by atoms with Gasteiger partial charge in [-0.2, -0.15) is 5.26 Å². The summed E-state index contributed by atoms with van der Waals surface area (Å²) in [6.45, 7) is 0. The van der Waals surface area contributed by atoms with E-state index in [-0.39, 0.29) is 18.6 Å².